The lowest BCUT2D eigenvalue weighted by molar-refractivity contribution is -0.119. The van der Waals surface area contributed by atoms with Gasteiger partial charge >= 0.3 is 0 Å². The molecule has 0 aliphatic carbocycles. The third kappa shape index (κ3) is 3.21. The Hall–Kier alpha value is -0.990. The number of amides is 1. The Labute approximate surface area is 47.4 Å². The van der Waals surface area contributed by atoms with E-state index in [0.717, 1.165) is 0 Å². The van der Waals surface area contributed by atoms with E-state index in [-0.39, 0.29) is 18.7 Å². The molecule has 0 radical (unpaired) electrons. The summed E-state index contributed by atoms with van der Waals surface area (Å²) in [4.78, 5) is 22.9. The van der Waals surface area contributed by atoms with Gasteiger partial charge in [-0.3, -0.25) is 4.79 Å². The topological polar surface area (TPSA) is 46.5 Å². The van der Waals surface area contributed by atoms with Crippen molar-refractivity contribution in [2.24, 2.45) is 4.99 Å². The number of carbonyl (C=O) groups excluding carboxylic acids is 2. The van der Waals surface area contributed by atoms with E-state index < -0.39 is 0 Å². The van der Waals surface area contributed by atoms with Crippen LogP contribution < -0.4 is 0 Å². The van der Waals surface area contributed by atoms with Crippen molar-refractivity contribution >= 4 is 18.9 Å². The molecule has 1 amide bonds. The summed E-state index contributed by atoms with van der Waals surface area (Å²) in [5.74, 6) is -0.322. The molecule has 0 spiro atoms. The highest BCUT2D eigenvalue weighted by Crippen LogP contribution is 1.85. The Kier molecular flexibility index (Phi) is 3.66. The standard InChI is InChI=1S/C5H7NO2/c1-6-5(8)3-2-4-7/h4H,1-3H2. The molecule has 3 nitrogen and oxygen atoms in total. The zero-order chi connectivity index (χ0) is 6.41. The molecule has 0 atom stereocenters. The summed E-state index contributed by atoms with van der Waals surface area (Å²) in [5, 5.41) is 0. The highest BCUT2D eigenvalue weighted by Gasteiger charge is 1.92. The van der Waals surface area contributed by atoms with Crippen LogP contribution in [0.5, 0.6) is 0 Å². The van der Waals surface area contributed by atoms with Gasteiger partial charge in [0.2, 0.25) is 5.91 Å². The summed E-state index contributed by atoms with van der Waals surface area (Å²) in [6, 6.07) is 0. The van der Waals surface area contributed by atoms with Gasteiger partial charge in [-0.25, -0.2) is 4.99 Å². The van der Waals surface area contributed by atoms with E-state index in [0.29, 0.717) is 6.29 Å². The van der Waals surface area contributed by atoms with Crippen LogP contribution in [0.3, 0.4) is 0 Å². The molecular formula is C5H7NO2. The Morgan fingerprint density at radius 2 is 2.38 bits per heavy atom. The van der Waals surface area contributed by atoms with Crippen LogP contribution in [-0.2, 0) is 9.59 Å². The minimum absolute atomic E-state index is 0.188. The molecule has 0 saturated heterocycles. The molecule has 44 valence electrons. The number of nitrogens with zero attached hydrogens (tertiary/aromatic N) is 1. The normalized spacial score (nSPS) is 8.00. The molecule has 0 unspecified atom stereocenters. The molecule has 0 aliphatic rings. The lowest BCUT2D eigenvalue weighted by Crippen LogP contribution is -1.90. The zero-order valence-electron chi connectivity index (χ0n) is 4.46. The second-order valence-corrected chi connectivity index (χ2v) is 1.26. The number of aliphatic imine (C=N–C) groups is 1. The smallest absolute Gasteiger partial charge is 0.245 e. The van der Waals surface area contributed by atoms with Crippen LogP contribution in [0.15, 0.2) is 4.99 Å². The summed E-state index contributed by atoms with van der Waals surface area (Å²) < 4.78 is 0. The first-order chi connectivity index (χ1) is 3.81. The van der Waals surface area contributed by atoms with Crippen LogP contribution in [0.1, 0.15) is 12.8 Å². The lowest BCUT2D eigenvalue weighted by Gasteiger charge is -1.82. The average molecular weight is 113 g/mol. The van der Waals surface area contributed by atoms with Crippen LogP contribution in [0.25, 0.3) is 0 Å². The molecule has 0 aliphatic heterocycles. The lowest BCUT2D eigenvalue weighted by atomic mass is 10.3. The largest absolute Gasteiger partial charge is 0.303 e. The third-order valence-electron chi connectivity index (χ3n) is 0.652. The monoisotopic (exact) mass is 113 g/mol. The Morgan fingerprint density at radius 3 is 2.75 bits per heavy atom. The number of carbonyl (C=O) groups is 2. The van der Waals surface area contributed by atoms with E-state index in [4.69, 9.17) is 0 Å². The summed E-state index contributed by atoms with van der Waals surface area (Å²) in [5.41, 5.74) is 0. The molecule has 0 bridgehead atoms. The van der Waals surface area contributed by atoms with Gasteiger partial charge in [0.25, 0.3) is 0 Å². The molecule has 0 aromatic carbocycles. The molecule has 0 N–H and O–H groups in total. The van der Waals surface area contributed by atoms with E-state index in [1.54, 1.807) is 0 Å². The second kappa shape index (κ2) is 4.18. The van der Waals surface area contributed by atoms with Crippen molar-refractivity contribution < 1.29 is 9.59 Å². The first-order valence-electron chi connectivity index (χ1n) is 2.24. The van der Waals surface area contributed by atoms with Crippen molar-refractivity contribution in [2.75, 3.05) is 0 Å². The Morgan fingerprint density at radius 1 is 1.75 bits per heavy atom. The van der Waals surface area contributed by atoms with Gasteiger partial charge in [-0.2, -0.15) is 0 Å². The van der Waals surface area contributed by atoms with Crippen molar-refractivity contribution in [3.05, 3.63) is 0 Å². The van der Waals surface area contributed by atoms with Gasteiger partial charge in [-0.15, -0.1) is 0 Å². The van der Waals surface area contributed by atoms with Gasteiger partial charge in [-0.1, -0.05) is 0 Å². The third-order valence-corrected chi connectivity index (χ3v) is 0.652. The van der Waals surface area contributed by atoms with Gasteiger partial charge < -0.3 is 4.79 Å². The Balaban J connectivity index is 3.24. The van der Waals surface area contributed by atoms with Crippen molar-refractivity contribution in [3.63, 3.8) is 0 Å². The fraction of sp³-hybridized carbons (Fsp3) is 0.400. The minimum Gasteiger partial charge on any atom is -0.303 e. The van der Waals surface area contributed by atoms with Crippen LogP contribution in [0.4, 0.5) is 0 Å². The highest BCUT2D eigenvalue weighted by atomic mass is 16.1. The number of rotatable bonds is 3. The molecule has 0 aromatic heterocycles. The van der Waals surface area contributed by atoms with Crippen molar-refractivity contribution in [1.29, 1.82) is 0 Å². The maximum atomic E-state index is 10.2. The van der Waals surface area contributed by atoms with Crippen molar-refractivity contribution in [1.82, 2.24) is 0 Å². The number of hydrogen-bond acceptors (Lipinski definition) is 2. The van der Waals surface area contributed by atoms with Crippen LogP contribution >= 0.6 is 0 Å². The predicted octanol–water partition coefficient (Wildman–Crippen LogP) is 0.193. The molecule has 0 heterocycles. The maximum Gasteiger partial charge on any atom is 0.245 e. The molecule has 0 rings (SSSR count). The highest BCUT2D eigenvalue weighted by molar-refractivity contribution is 5.82. The predicted molar refractivity (Wildman–Crippen MR) is 29.9 cm³/mol. The summed E-state index contributed by atoms with van der Waals surface area (Å²) in [6.07, 6.45) is 1.12. The first-order valence-corrected chi connectivity index (χ1v) is 2.24. The summed E-state index contributed by atoms with van der Waals surface area (Å²) >= 11 is 0. The van der Waals surface area contributed by atoms with Crippen molar-refractivity contribution in [2.45, 2.75) is 12.8 Å². The molecule has 8 heavy (non-hydrogen) atoms. The van der Waals surface area contributed by atoms with Crippen LogP contribution in [0.2, 0.25) is 0 Å². The van der Waals surface area contributed by atoms with Gasteiger partial charge in [0, 0.05) is 12.8 Å². The van der Waals surface area contributed by atoms with Gasteiger partial charge in [-0.05, 0) is 6.72 Å². The van der Waals surface area contributed by atoms with Crippen LogP contribution in [0, 0.1) is 0 Å². The second-order valence-electron chi connectivity index (χ2n) is 1.26. The molecule has 3 heteroatoms. The van der Waals surface area contributed by atoms with Gasteiger partial charge in [0.15, 0.2) is 0 Å². The SMILES string of the molecule is C=NC(=O)CCC=O. The number of hydrogen-bond donors (Lipinski definition) is 0. The fourth-order valence-corrected chi connectivity index (χ4v) is 0.261. The van der Waals surface area contributed by atoms with E-state index in [2.05, 4.69) is 11.7 Å². The summed E-state index contributed by atoms with van der Waals surface area (Å²) in [7, 11) is 0. The minimum atomic E-state index is -0.322. The molecule has 0 saturated carbocycles. The van der Waals surface area contributed by atoms with Gasteiger partial charge in [0.1, 0.15) is 6.29 Å². The van der Waals surface area contributed by atoms with Crippen LogP contribution in [-0.4, -0.2) is 18.9 Å². The average Bonchev–Trinajstić information content (AvgIpc) is 1.83. The number of aldehydes is 1. The van der Waals surface area contributed by atoms with E-state index in [9.17, 15) is 9.59 Å². The van der Waals surface area contributed by atoms with E-state index in [1.807, 2.05) is 0 Å². The van der Waals surface area contributed by atoms with Crippen molar-refractivity contribution in [3.8, 4) is 0 Å². The summed E-state index contributed by atoms with van der Waals surface area (Å²) in [6.45, 7) is 3.00. The quantitative estimate of drug-likeness (QED) is 0.387. The molecule has 0 aromatic rings. The van der Waals surface area contributed by atoms with Gasteiger partial charge in [0.05, 0.1) is 0 Å². The molecule has 0 fully saturated rings. The Bertz CT molecular complexity index is 109. The molecular weight excluding hydrogens is 106 g/mol. The first kappa shape index (κ1) is 7.01. The van der Waals surface area contributed by atoms with E-state index >= 15 is 0 Å². The van der Waals surface area contributed by atoms with E-state index in [1.165, 1.54) is 0 Å². The fourth-order valence-electron chi connectivity index (χ4n) is 0.261. The maximum absolute atomic E-state index is 10.2. The zero-order valence-corrected chi connectivity index (χ0v) is 4.46.